The first-order valence-corrected chi connectivity index (χ1v) is 15.9. The zero-order chi connectivity index (χ0) is 26.7. The van der Waals surface area contributed by atoms with E-state index in [0.717, 1.165) is 47.7 Å². The summed E-state index contributed by atoms with van der Waals surface area (Å²) in [6.07, 6.45) is 8.09. The molecule has 4 saturated carbocycles. The minimum Gasteiger partial charge on any atom is -0.393 e. The molecule has 37 heavy (non-hydrogen) atoms. The van der Waals surface area contributed by atoms with Gasteiger partial charge in [0.15, 0.2) is 0 Å². The summed E-state index contributed by atoms with van der Waals surface area (Å²) in [5.74, 6) is 3.37. The predicted molar refractivity (Wildman–Crippen MR) is 150 cm³/mol. The minimum atomic E-state index is -0.291. The third-order valence-corrected chi connectivity index (χ3v) is 13.0. The Morgan fingerprint density at radius 3 is 2.54 bits per heavy atom. The number of fused-ring (bicyclic) bond motifs is 5. The second kappa shape index (κ2) is 10.2. The van der Waals surface area contributed by atoms with Gasteiger partial charge in [0.2, 0.25) is 5.91 Å². The van der Waals surface area contributed by atoms with E-state index in [1.807, 2.05) is 12.1 Å². The molecule has 4 fully saturated rings. The van der Waals surface area contributed by atoms with Crippen molar-refractivity contribution in [3.05, 3.63) is 21.3 Å². The molecule has 0 spiro atoms. The third-order valence-electron chi connectivity index (χ3n) is 11.7. The van der Waals surface area contributed by atoms with E-state index in [9.17, 15) is 14.7 Å². The number of carbonyl (C=O) groups excluding carboxylic acids is 2. The van der Waals surface area contributed by atoms with Crippen molar-refractivity contribution in [3.63, 3.8) is 0 Å². The summed E-state index contributed by atoms with van der Waals surface area (Å²) in [6.45, 7) is 11.5. The van der Waals surface area contributed by atoms with Gasteiger partial charge in [-0.25, -0.2) is 0 Å². The van der Waals surface area contributed by atoms with Gasteiger partial charge in [-0.3, -0.25) is 9.59 Å². The molecule has 1 heterocycles. The van der Waals surface area contributed by atoms with Gasteiger partial charge in [-0.15, -0.1) is 11.3 Å². The van der Waals surface area contributed by atoms with Gasteiger partial charge >= 0.3 is 0 Å². The van der Waals surface area contributed by atoms with Crippen molar-refractivity contribution >= 4 is 34.6 Å². The number of hydrogen-bond acceptors (Lipinski definition) is 4. The molecule has 0 aliphatic heterocycles. The predicted octanol–water partition coefficient (Wildman–Crippen LogP) is 7.44. The van der Waals surface area contributed by atoms with Crippen LogP contribution in [0.1, 0.15) is 103 Å². The van der Waals surface area contributed by atoms with Crippen LogP contribution in [0.3, 0.4) is 0 Å². The summed E-state index contributed by atoms with van der Waals surface area (Å²) in [4.78, 5) is 26.6. The smallest absolute Gasteiger partial charge is 0.220 e. The number of nitrogens with one attached hydrogen (secondary N) is 1. The average Bonchev–Trinajstić information content (AvgIpc) is 3.41. The van der Waals surface area contributed by atoms with Gasteiger partial charge in [0, 0.05) is 24.1 Å². The highest BCUT2D eigenvalue weighted by molar-refractivity contribution is 7.16. The number of aliphatic hydroxyl groups excluding tert-OH is 1. The summed E-state index contributed by atoms with van der Waals surface area (Å²) in [5.41, 5.74) is 0.369. The Bertz CT molecular complexity index is 1020. The van der Waals surface area contributed by atoms with Crippen LogP contribution in [0.25, 0.3) is 0 Å². The first kappa shape index (κ1) is 27.6. The lowest BCUT2D eigenvalue weighted by molar-refractivity contribution is -0.169. The van der Waals surface area contributed by atoms with Crippen molar-refractivity contribution in [2.45, 2.75) is 105 Å². The number of amides is 1. The van der Waals surface area contributed by atoms with E-state index >= 15 is 0 Å². The summed E-state index contributed by atoms with van der Waals surface area (Å²) < 4.78 is 0.758. The molecular formula is C31H46ClNO3S. The van der Waals surface area contributed by atoms with Crippen molar-refractivity contribution in [2.75, 3.05) is 0 Å². The van der Waals surface area contributed by atoms with Crippen molar-refractivity contribution in [1.82, 2.24) is 5.32 Å². The zero-order valence-electron chi connectivity index (χ0n) is 23.3. The molecule has 6 heteroatoms. The highest BCUT2D eigenvalue weighted by atomic mass is 35.5. The van der Waals surface area contributed by atoms with E-state index in [1.54, 1.807) is 11.3 Å². The summed E-state index contributed by atoms with van der Waals surface area (Å²) in [7, 11) is 0. The first-order valence-electron chi connectivity index (χ1n) is 14.7. The van der Waals surface area contributed by atoms with Gasteiger partial charge in [0.1, 0.15) is 5.78 Å². The molecule has 0 saturated heterocycles. The quantitative estimate of drug-likeness (QED) is 0.389. The molecule has 206 valence electrons. The lowest BCUT2D eigenvalue weighted by Crippen LogP contribution is -2.58. The molecule has 5 rings (SSSR count). The number of halogens is 1. The van der Waals surface area contributed by atoms with Gasteiger partial charge in [-0.1, -0.05) is 46.2 Å². The highest BCUT2D eigenvalue weighted by Crippen LogP contribution is 2.68. The molecule has 0 aromatic carbocycles. The van der Waals surface area contributed by atoms with Crippen molar-refractivity contribution in [3.8, 4) is 0 Å². The van der Waals surface area contributed by atoms with Crippen LogP contribution in [0, 0.1) is 52.3 Å². The molecule has 1 aromatic rings. The summed E-state index contributed by atoms with van der Waals surface area (Å²) in [5, 5.41) is 14.8. The molecule has 1 amide bonds. The lowest BCUT2D eigenvalue weighted by atomic mass is 9.44. The van der Waals surface area contributed by atoms with Gasteiger partial charge in [0.05, 0.1) is 16.5 Å². The molecule has 4 nitrogen and oxygen atoms in total. The van der Waals surface area contributed by atoms with Crippen LogP contribution in [-0.4, -0.2) is 22.9 Å². The normalized spacial score (nSPS) is 41.0. The van der Waals surface area contributed by atoms with E-state index in [4.69, 9.17) is 11.6 Å². The van der Waals surface area contributed by atoms with Crippen molar-refractivity contribution in [2.24, 2.45) is 52.3 Å². The van der Waals surface area contributed by atoms with Crippen LogP contribution in [0.5, 0.6) is 0 Å². The Balaban J connectivity index is 1.28. The Morgan fingerprint density at radius 2 is 1.86 bits per heavy atom. The molecule has 0 unspecified atom stereocenters. The van der Waals surface area contributed by atoms with Crippen molar-refractivity contribution in [1.29, 1.82) is 0 Å². The number of Topliss-reactive ketones (excluding diaryl/α,β-unsaturated/α-hetero) is 1. The van der Waals surface area contributed by atoms with Gasteiger partial charge < -0.3 is 10.4 Å². The molecule has 2 N–H and O–H groups in total. The van der Waals surface area contributed by atoms with E-state index in [0.29, 0.717) is 60.1 Å². The monoisotopic (exact) mass is 547 g/mol. The molecular weight excluding hydrogens is 502 g/mol. The van der Waals surface area contributed by atoms with E-state index in [-0.39, 0.29) is 28.9 Å². The van der Waals surface area contributed by atoms with Gasteiger partial charge in [-0.05, 0) is 103 Å². The first-order chi connectivity index (χ1) is 17.4. The summed E-state index contributed by atoms with van der Waals surface area (Å²) in [6, 6.07) is 3.94. The third kappa shape index (κ3) is 4.84. The van der Waals surface area contributed by atoms with Crippen LogP contribution in [-0.2, 0) is 9.59 Å². The van der Waals surface area contributed by atoms with E-state index < -0.39 is 0 Å². The molecule has 10 atom stereocenters. The fourth-order valence-corrected chi connectivity index (χ4v) is 11.0. The maximum atomic E-state index is 13.3. The standard InChI is InChI=1S/C31H46ClNO3S/c1-17(2)29(25-8-9-26(32)37-25)33-27(36)14-18(3)21-6-7-22-28-23(11-13-31(21,22)5)30(4)12-10-20(34)15-19(30)16-24(28)35/h8-9,17-19,21-24,28-29,35H,6-7,10-16H2,1-5H3,(H,33,36)/t18-,19+,21-,22+,23+,24-,28+,29-,30+,31-/m1/s1. The van der Waals surface area contributed by atoms with Crippen LogP contribution in [0.2, 0.25) is 4.34 Å². The number of hydrogen-bond donors (Lipinski definition) is 2. The molecule has 1 aromatic heterocycles. The van der Waals surface area contributed by atoms with E-state index in [1.165, 1.54) is 6.42 Å². The maximum Gasteiger partial charge on any atom is 0.220 e. The zero-order valence-corrected chi connectivity index (χ0v) is 24.8. The number of carbonyl (C=O) groups is 2. The fraction of sp³-hybridized carbons (Fsp3) is 0.806. The van der Waals surface area contributed by atoms with Gasteiger partial charge in [-0.2, -0.15) is 0 Å². The number of thiophene rings is 1. The molecule has 4 aliphatic rings. The van der Waals surface area contributed by atoms with Crippen LogP contribution < -0.4 is 5.32 Å². The van der Waals surface area contributed by atoms with Crippen LogP contribution in [0.4, 0.5) is 0 Å². The van der Waals surface area contributed by atoms with Crippen LogP contribution in [0.15, 0.2) is 12.1 Å². The Morgan fingerprint density at radius 1 is 1.14 bits per heavy atom. The minimum absolute atomic E-state index is 0.00648. The maximum absolute atomic E-state index is 13.3. The average molecular weight is 548 g/mol. The Kier molecular flexibility index (Phi) is 7.66. The molecule has 0 bridgehead atoms. The molecule has 0 radical (unpaired) electrons. The topological polar surface area (TPSA) is 66.4 Å². The number of ketones is 1. The molecule has 4 aliphatic carbocycles. The SMILES string of the molecule is CC(C)[C@@H](NC(=O)C[C@@H](C)[C@H]1CC[C@H]2[C@@H]3[C@H](O)C[C@@H]4CC(=O)CC[C@]4(C)[C@H]3CC[C@]12C)c1ccc(Cl)s1. The largest absolute Gasteiger partial charge is 0.393 e. The second-order valence-corrected chi connectivity index (χ2v) is 15.6. The Labute approximate surface area is 232 Å². The summed E-state index contributed by atoms with van der Waals surface area (Å²) >= 11 is 7.73. The van der Waals surface area contributed by atoms with Gasteiger partial charge in [0.25, 0.3) is 0 Å². The highest BCUT2D eigenvalue weighted by Gasteiger charge is 2.63. The van der Waals surface area contributed by atoms with E-state index in [2.05, 4.69) is 39.9 Å². The lowest BCUT2D eigenvalue weighted by Gasteiger charge is -2.61. The van der Waals surface area contributed by atoms with Crippen molar-refractivity contribution < 1.29 is 14.7 Å². The second-order valence-electron chi connectivity index (χ2n) is 13.9. The fourth-order valence-electron chi connectivity index (χ4n) is 9.72. The van der Waals surface area contributed by atoms with Crippen LogP contribution >= 0.6 is 22.9 Å². The number of aliphatic hydroxyl groups is 1. The number of rotatable bonds is 6. The Hall–Kier alpha value is -0.910.